The Hall–Kier alpha value is -2.68. The van der Waals surface area contributed by atoms with Gasteiger partial charge in [-0.25, -0.2) is 0 Å². The van der Waals surface area contributed by atoms with E-state index in [0.717, 1.165) is 16.7 Å². The maximum Gasteiger partial charge on any atom is 0.185 e. The number of aromatic carboxylic acids is 1. The quantitative estimate of drug-likeness (QED) is 0.638. The summed E-state index contributed by atoms with van der Waals surface area (Å²) in [5.41, 5.74) is 3.74. The molecule has 3 nitrogen and oxygen atoms in total. The van der Waals surface area contributed by atoms with Crippen molar-refractivity contribution in [1.29, 1.82) is 0 Å². The minimum Gasteiger partial charge on any atom is -0.545 e. The van der Waals surface area contributed by atoms with E-state index < -0.39 is 5.97 Å². The molecule has 0 aromatic heterocycles. The van der Waals surface area contributed by atoms with Crippen LogP contribution in [0.5, 0.6) is 0 Å². The van der Waals surface area contributed by atoms with Gasteiger partial charge in [0.2, 0.25) is 0 Å². The first-order valence-corrected chi connectivity index (χ1v) is 6.58. The van der Waals surface area contributed by atoms with E-state index in [1.165, 1.54) is 18.2 Å². The van der Waals surface area contributed by atoms with Crippen molar-refractivity contribution in [3.63, 3.8) is 0 Å². The van der Waals surface area contributed by atoms with Gasteiger partial charge in [0, 0.05) is 5.56 Å². The van der Waals surface area contributed by atoms with Gasteiger partial charge in [-0.2, -0.15) is 0 Å². The molecule has 3 heteroatoms. The van der Waals surface area contributed by atoms with Crippen molar-refractivity contribution in [2.24, 2.45) is 0 Å². The number of carbonyl (C=O) groups is 2. The maximum absolute atomic E-state index is 12.1. The molecule has 0 N–H and O–H groups in total. The van der Waals surface area contributed by atoms with E-state index in [4.69, 9.17) is 0 Å². The third-order valence-electron chi connectivity index (χ3n) is 3.36. The molecule has 0 unspecified atom stereocenters. The first-order valence-electron chi connectivity index (χ1n) is 6.58. The SMILES string of the molecule is Cc1ccc(C(=O)/C=C/c2ccc(C(=O)[O-])cc2)cc1C. The standard InChI is InChI=1S/C18H16O3/c1-12-3-7-16(11-13(12)2)17(19)10-6-14-4-8-15(9-5-14)18(20)21/h3-11H,1-2H3,(H,20,21)/p-1/b10-6+. The largest absolute Gasteiger partial charge is 0.545 e. The molecule has 2 aromatic carbocycles. The summed E-state index contributed by atoms with van der Waals surface area (Å²) in [5.74, 6) is -1.29. The predicted octanol–water partition coefficient (Wildman–Crippen LogP) is 2.56. The summed E-state index contributed by atoms with van der Waals surface area (Å²) in [6.45, 7) is 3.97. The van der Waals surface area contributed by atoms with E-state index in [1.807, 2.05) is 26.0 Å². The number of benzene rings is 2. The monoisotopic (exact) mass is 279 g/mol. The van der Waals surface area contributed by atoms with Crippen molar-refractivity contribution >= 4 is 17.8 Å². The molecule has 0 atom stereocenters. The Balaban J connectivity index is 2.14. The van der Waals surface area contributed by atoms with Crippen LogP contribution in [0.4, 0.5) is 0 Å². The molecule has 0 saturated heterocycles. The molecule has 0 saturated carbocycles. The first-order chi connectivity index (χ1) is 9.97. The van der Waals surface area contributed by atoms with E-state index in [0.29, 0.717) is 5.56 Å². The zero-order chi connectivity index (χ0) is 15.4. The van der Waals surface area contributed by atoms with E-state index in [-0.39, 0.29) is 11.3 Å². The maximum atomic E-state index is 12.1. The molecule has 0 bridgehead atoms. The van der Waals surface area contributed by atoms with Gasteiger partial charge in [-0.15, -0.1) is 0 Å². The highest BCUT2D eigenvalue weighted by atomic mass is 16.4. The topological polar surface area (TPSA) is 57.2 Å². The van der Waals surface area contributed by atoms with Crippen LogP contribution in [0, 0.1) is 13.8 Å². The molecule has 0 heterocycles. The number of allylic oxidation sites excluding steroid dienone is 1. The molecule has 0 aliphatic heterocycles. The molecule has 0 radical (unpaired) electrons. The fraction of sp³-hybridized carbons (Fsp3) is 0.111. The van der Waals surface area contributed by atoms with E-state index >= 15 is 0 Å². The van der Waals surface area contributed by atoms with Gasteiger partial charge >= 0.3 is 0 Å². The fourth-order valence-electron chi connectivity index (χ4n) is 1.89. The molecule has 2 rings (SSSR count). The molecular formula is C18H15O3-. The van der Waals surface area contributed by atoms with Gasteiger partial charge < -0.3 is 9.90 Å². The van der Waals surface area contributed by atoms with Crippen LogP contribution in [-0.2, 0) is 0 Å². The number of carboxylic acid groups (broad SMARTS) is 1. The molecule has 0 amide bonds. The number of carboxylic acids is 1. The van der Waals surface area contributed by atoms with Gasteiger partial charge in [0.1, 0.15) is 0 Å². The van der Waals surface area contributed by atoms with Crippen LogP contribution in [0.2, 0.25) is 0 Å². The Morgan fingerprint density at radius 1 is 0.905 bits per heavy atom. The molecule has 106 valence electrons. The van der Waals surface area contributed by atoms with Crippen molar-refractivity contribution in [3.05, 3.63) is 76.4 Å². The van der Waals surface area contributed by atoms with Gasteiger partial charge in [-0.3, -0.25) is 4.79 Å². The molecular weight excluding hydrogens is 264 g/mol. The van der Waals surface area contributed by atoms with Gasteiger partial charge in [0.05, 0.1) is 5.97 Å². The highest BCUT2D eigenvalue weighted by Crippen LogP contribution is 2.12. The number of rotatable bonds is 4. The number of carbonyl (C=O) groups excluding carboxylic acids is 2. The lowest BCUT2D eigenvalue weighted by Crippen LogP contribution is -2.21. The molecule has 2 aromatic rings. The highest BCUT2D eigenvalue weighted by molar-refractivity contribution is 6.07. The second kappa shape index (κ2) is 6.18. The number of hydrogen-bond donors (Lipinski definition) is 0. The Labute approximate surface area is 123 Å². The van der Waals surface area contributed by atoms with E-state index in [2.05, 4.69) is 0 Å². The number of aryl methyl sites for hydroxylation is 2. The lowest BCUT2D eigenvalue weighted by atomic mass is 10.0. The Bertz CT molecular complexity index is 710. The van der Waals surface area contributed by atoms with Crippen LogP contribution in [0.25, 0.3) is 6.08 Å². The minimum atomic E-state index is -1.21. The second-order valence-electron chi connectivity index (χ2n) is 4.91. The Morgan fingerprint density at radius 3 is 2.10 bits per heavy atom. The van der Waals surface area contributed by atoms with Crippen LogP contribution in [0.15, 0.2) is 48.5 Å². The highest BCUT2D eigenvalue weighted by Gasteiger charge is 2.03. The summed E-state index contributed by atoms with van der Waals surface area (Å²) in [7, 11) is 0. The summed E-state index contributed by atoms with van der Waals surface area (Å²) in [4.78, 5) is 22.7. The predicted molar refractivity (Wildman–Crippen MR) is 80.1 cm³/mol. The van der Waals surface area contributed by atoms with Crippen LogP contribution in [0.1, 0.15) is 37.4 Å². The van der Waals surface area contributed by atoms with Gasteiger partial charge in [0.25, 0.3) is 0 Å². The second-order valence-corrected chi connectivity index (χ2v) is 4.91. The fourth-order valence-corrected chi connectivity index (χ4v) is 1.89. The molecule has 0 fully saturated rings. The van der Waals surface area contributed by atoms with Gasteiger partial charge in [0.15, 0.2) is 5.78 Å². The van der Waals surface area contributed by atoms with Crippen molar-refractivity contribution in [3.8, 4) is 0 Å². The lowest BCUT2D eigenvalue weighted by Gasteiger charge is -2.03. The van der Waals surface area contributed by atoms with E-state index in [9.17, 15) is 14.7 Å². The summed E-state index contributed by atoms with van der Waals surface area (Å²) in [6, 6.07) is 11.8. The zero-order valence-corrected chi connectivity index (χ0v) is 11.9. The lowest BCUT2D eigenvalue weighted by molar-refractivity contribution is -0.255. The molecule has 0 aliphatic carbocycles. The smallest absolute Gasteiger partial charge is 0.185 e. The normalized spacial score (nSPS) is 10.8. The van der Waals surface area contributed by atoms with Gasteiger partial charge in [-0.1, -0.05) is 42.5 Å². The number of ketones is 1. The summed E-state index contributed by atoms with van der Waals surface area (Å²) in [6.07, 6.45) is 3.15. The Kier molecular flexibility index (Phi) is 4.33. The van der Waals surface area contributed by atoms with Crippen LogP contribution in [-0.4, -0.2) is 11.8 Å². The van der Waals surface area contributed by atoms with Crippen molar-refractivity contribution < 1.29 is 14.7 Å². The van der Waals surface area contributed by atoms with Crippen molar-refractivity contribution in [2.75, 3.05) is 0 Å². The third-order valence-corrected chi connectivity index (χ3v) is 3.36. The van der Waals surface area contributed by atoms with Crippen molar-refractivity contribution in [2.45, 2.75) is 13.8 Å². The molecule has 0 spiro atoms. The first kappa shape index (κ1) is 14.7. The average Bonchev–Trinajstić information content (AvgIpc) is 2.48. The van der Waals surface area contributed by atoms with Gasteiger partial charge in [-0.05, 0) is 48.2 Å². The summed E-state index contributed by atoms with van der Waals surface area (Å²) >= 11 is 0. The Morgan fingerprint density at radius 2 is 1.52 bits per heavy atom. The third kappa shape index (κ3) is 3.66. The van der Waals surface area contributed by atoms with Crippen molar-refractivity contribution in [1.82, 2.24) is 0 Å². The summed E-state index contributed by atoms with van der Waals surface area (Å²) in [5, 5.41) is 10.6. The molecule has 0 aliphatic rings. The average molecular weight is 279 g/mol. The van der Waals surface area contributed by atoms with E-state index in [1.54, 1.807) is 24.3 Å². The van der Waals surface area contributed by atoms with Crippen LogP contribution >= 0.6 is 0 Å². The summed E-state index contributed by atoms with van der Waals surface area (Å²) < 4.78 is 0. The van der Waals surface area contributed by atoms with Crippen LogP contribution in [0.3, 0.4) is 0 Å². The minimum absolute atomic E-state index is 0.0814. The molecule has 21 heavy (non-hydrogen) atoms. The zero-order valence-electron chi connectivity index (χ0n) is 11.9. The number of hydrogen-bond acceptors (Lipinski definition) is 3. The van der Waals surface area contributed by atoms with Crippen LogP contribution < -0.4 is 5.11 Å².